The number of carbonyl (C=O) groups is 1. The third-order valence-electron chi connectivity index (χ3n) is 6.64. The minimum Gasteiger partial charge on any atom is -0.479 e. The summed E-state index contributed by atoms with van der Waals surface area (Å²) in [5.41, 5.74) is 3.47. The number of nitrogens with zero attached hydrogens (tertiary/aromatic N) is 6. The number of halogens is 2. The molecule has 0 spiro atoms. The van der Waals surface area contributed by atoms with E-state index in [1.807, 2.05) is 38.1 Å². The number of carbonyl (C=O) groups excluding carboxylic acids is 1. The minimum atomic E-state index is -0.446. The molecule has 1 unspecified atom stereocenters. The normalized spacial score (nSPS) is 14.7. The van der Waals surface area contributed by atoms with Crippen LogP contribution in [0.15, 0.2) is 47.5 Å². The molecule has 4 aromatic rings. The quantitative estimate of drug-likeness (QED) is 0.316. The van der Waals surface area contributed by atoms with Gasteiger partial charge in [0, 0.05) is 23.8 Å². The summed E-state index contributed by atoms with van der Waals surface area (Å²) in [5, 5.41) is 5.41. The standard InChI is InChI=1S/C27H26Cl2N6O4/c1-14(2)23-21-19(10-15-6-8-16(28)9-7-15)34(17-11-18(29)25(36)33(3)13-17)26(37)22(21)32-35(23)20-12-30-27(39-5)31-24(20)38-4/h6-9,11-14,19H,10H2,1-5H3. The lowest BCUT2D eigenvalue weighted by Crippen LogP contribution is -2.32. The van der Waals surface area contributed by atoms with E-state index in [4.69, 9.17) is 37.8 Å². The highest BCUT2D eigenvalue weighted by molar-refractivity contribution is 6.31. The van der Waals surface area contributed by atoms with E-state index in [0.717, 1.165) is 16.8 Å². The Morgan fingerprint density at radius 1 is 1.08 bits per heavy atom. The summed E-state index contributed by atoms with van der Waals surface area (Å²) >= 11 is 12.4. The van der Waals surface area contributed by atoms with Gasteiger partial charge in [-0.05, 0) is 36.1 Å². The van der Waals surface area contributed by atoms with E-state index in [-0.39, 0.29) is 34.3 Å². The second-order valence-corrected chi connectivity index (χ2v) is 10.3. The van der Waals surface area contributed by atoms with Crippen molar-refractivity contribution in [2.24, 2.45) is 7.05 Å². The summed E-state index contributed by atoms with van der Waals surface area (Å²) in [4.78, 5) is 36.5. The monoisotopic (exact) mass is 568 g/mol. The lowest BCUT2D eigenvalue weighted by Gasteiger charge is -2.28. The Hall–Kier alpha value is -3.89. The molecule has 0 radical (unpaired) electrons. The number of amides is 1. The molecule has 0 bridgehead atoms. The third kappa shape index (κ3) is 4.63. The van der Waals surface area contributed by atoms with Gasteiger partial charge in [0.15, 0.2) is 5.69 Å². The number of methoxy groups -OCH3 is 2. The average Bonchev–Trinajstić information content (AvgIpc) is 3.43. The first kappa shape index (κ1) is 26.7. The maximum absolute atomic E-state index is 14.0. The van der Waals surface area contributed by atoms with Gasteiger partial charge in [0.05, 0.1) is 37.8 Å². The lowest BCUT2D eigenvalue weighted by molar-refractivity contribution is 0.0985. The summed E-state index contributed by atoms with van der Waals surface area (Å²) in [5.74, 6) is -0.0988. The van der Waals surface area contributed by atoms with Crippen LogP contribution in [0, 0.1) is 0 Å². The predicted octanol–water partition coefficient (Wildman–Crippen LogP) is 4.75. The average molecular weight is 569 g/mol. The molecule has 12 heteroatoms. The number of hydrogen-bond acceptors (Lipinski definition) is 7. The molecule has 4 heterocycles. The van der Waals surface area contributed by atoms with Crippen LogP contribution >= 0.6 is 23.2 Å². The topological polar surface area (TPSA) is 104 Å². The Kier molecular flexibility index (Phi) is 7.09. The van der Waals surface area contributed by atoms with Crippen LogP contribution in [0.5, 0.6) is 11.9 Å². The molecule has 3 aromatic heterocycles. The van der Waals surface area contributed by atoms with E-state index in [1.54, 1.807) is 29.0 Å². The van der Waals surface area contributed by atoms with Gasteiger partial charge in [-0.2, -0.15) is 10.1 Å². The fourth-order valence-electron chi connectivity index (χ4n) is 4.91. The van der Waals surface area contributed by atoms with E-state index in [9.17, 15) is 9.59 Å². The SMILES string of the molecule is COc1ncc(-n2nc3c(c2C(C)C)C(Cc2ccc(Cl)cc2)N(c2cc(Cl)c(=O)n(C)c2)C3=O)c(OC)n1. The van der Waals surface area contributed by atoms with Gasteiger partial charge in [-0.15, -0.1) is 0 Å². The highest BCUT2D eigenvalue weighted by Crippen LogP contribution is 2.44. The zero-order valence-corrected chi connectivity index (χ0v) is 23.5. The number of aryl methyl sites for hydroxylation is 1. The van der Waals surface area contributed by atoms with E-state index in [1.165, 1.54) is 24.9 Å². The summed E-state index contributed by atoms with van der Waals surface area (Å²) < 4.78 is 13.7. The van der Waals surface area contributed by atoms with Crippen molar-refractivity contribution >= 4 is 34.8 Å². The molecular weight excluding hydrogens is 543 g/mol. The fourth-order valence-corrected chi connectivity index (χ4v) is 5.28. The number of anilines is 1. The second kappa shape index (κ2) is 10.3. The van der Waals surface area contributed by atoms with Gasteiger partial charge < -0.3 is 14.0 Å². The second-order valence-electron chi connectivity index (χ2n) is 9.45. The largest absolute Gasteiger partial charge is 0.479 e. The molecule has 0 fully saturated rings. The molecule has 1 atom stereocenters. The molecule has 1 aliphatic rings. The van der Waals surface area contributed by atoms with E-state index in [0.29, 0.717) is 28.5 Å². The Morgan fingerprint density at radius 3 is 2.41 bits per heavy atom. The van der Waals surface area contributed by atoms with E-state index < -0.39 is 6.04 Å². The molecular formula is C27H26Cl2N6O4. The van der Waals surface area contributed by atoms with Gasteiger partial charge in [-0.3, -0.25) is 14.5 Å². The molecule has 202 valence electrons. The summed E-state index contributed by atoms with van der Waals surface area (Å²) in [6, 6.07) is 8.70. The number of rotatable bonds is 7. The first-order chi connectivity index (χ1) is 18.6. The molecule has 0 saturated carbocycles. The fraction of sp³-hybridized carbons (Fsp3) is 0.296. The van der Waals surface area contributed by atoms with Crippen LogP contribution in [0.1, 0.15) is 53.1 Å². The number of pyridine rings is 1. The van der Waals surface area contributed by atoms with Crippen molar-refractivity contribution in [3.05, 3.63) is 85.6 Å². The van der Waals surface area contributed by atoms with Crippen LogP contribution in [0.25, 0.3) is 5.69 Å². The van der Waals surface area contributed by atoms with Crippen LogP contribution in [-0.4, -0.2) is 44.4 Å². The van der Waals surface area contributed by atoms with Gasteiger partial charge in [-0.25, -0.2) is 9.67 Å². The van der Waals surface area contributed by atoms with Crippen molar-refractivity contribution in [1.29, 1.82) is 0 Å². The Bertz CT molecular complexity index is 1600. The number of ether oxygens (including phenoxy) is 2. The van der Waals surface area contributed by atoms with Crippen molar-refractivity contribution in [3.8, 4) is 17.6 Å². The molecule has 39 heavy (non-hydrogen) atoms. The van der Waals surface area contributed by atoms with E-state index in [2.05, 4.69) is 9.97 Å². The zero-order chi connectivity index (χ0) is 28.0. The van der Waals surface area contributed by atoms with Crippen LogP contribution < -0.4 is 19.9 Å². The number of aromatic nitrogens is 5. The lowest BCUT2D eigenvalue weighted by atomic mass is 9.94. The van der Waals surface area contributed by atoms with Gasteiger partial charge in [0.25, 0.3) is 11.5 Å². The Morgan fingerprint density at radius 2 is 1.79 bits per heavy atom. The van der Waals surface area contributed by atoms with Gasteiger partial charge in [0.2, 0.25) is 5.88 Å². The van der Waals surface area contributed by atoms with Crippen molar-refractivity contribution in [3.63, 3.8) is 0 Å². The maximum atomic E-state index is 14.0. The van der Waals surface area contributed by atoms with Crippen LogP contribution in [0.3, 0.4) is 0 Å². The molecule has 0 N–H and O–H groups in total. The van der Waals surface area contributed by atoms with Crippen molar-refractivity contribution in [2.45, 2.75) is 32.2 Å². The summed E-state index contributed by atoms with van der Waals surface area (Å²) in [6.45, 7) is 4.06. The molecule has 1 aromatic carbocycles. The third-order valence-corrected chi connectivity index (χ3v) is 7.16. The van der Waals surface area contributed by atoms with Crippen LogP contribution in [0.4, 0.5) is 5.69 Å². The highest BCUT2D eigenvalue weighted by atomic mass is 35.5. The van der Waals surface area contributed by atoms with Crippen LogP contribution in [-0.2, 0) is 13.5 Å². The molecule has 1 aliphatic heterocycles. The van der Waals surface area contributed by atoms with Crippen molar-refractivity contribution in [2.75, 3.05) is 19.1 Å². The Labute approximate surface area is 234 Å². The highest BCUT2D eigenvalue weighted by Gasteiger charge is 2.44. The number of fused-ring (bicyclic) bond motifs is 1. The summed E-state index contributed by atoms with van der Waals surface area (Å²) in [6.07, 6.45) is 3.64. The number of hydrogen-bond donors (Lipinski definition) is 0. The molecule has 5 rings (SSSR count). The molecule has 0 saturated heterocycles. The Balaban J connectivity index is 1.73. The van der Waals surface area contributed by atoms with Gasteiger partial charge >= 0.3 is 6.01 Å². The van der Waals surface area contributed by atoms with Gasteiger partial charge in [-0.1, -0.05) is 49.2 Å². The number of benzene rings is 1. The minimum absolute atomic E-state index is 0.0202. The smallest absolute Gasteiger partial charge is 0.319 e. The molecule has 10 nitrogen and oxygen atoms in total. The molecule has 0 aliphatic carbocycles. The first-order valence-electron chi connectivity index (χ1n) is 12.2. The van der Waals surface area contributed by atoms with E-state index >= 15 is 0 Å². The van der Waals surface area contributed by atoms with Crippen molar-refractivity contribution < 1.29 is 14.3 Å². The molecule has 1 amide bonds. The zero-order valence-electron chi connectivity index (χ0n) is 22.0. The van der Waals surface area contributed by atoms with Gasteiger partial charge in [0.1, 0.15) is 10.7 Å². The van der Waals surface area contributed by atoms with Crippen LogP contribution in [0.2, 0.25) is 10.0 Å². The van der Waals surface area contributed by atoms with Crippen molar-refractivity contribution in [1.82, 2.24) is 24.3 Å². The predicted molar refractivity (Wildman–Crippen MR) is 148 cm³/mol. The summed E-state index contributed by atoms with van der Waals surface area (Å²) in [7, 11) is 4.56. The first-order valence-corrected chi connectivity index (χ1v) is 12.9. The maximum Gasteiger partial charge on any atom is 0.319 e.